The fraction of sp³-hybridized carbons (Fsp3) is 0.600. The van der Waals surface area contributed by atoms with E-state index in [-0.39, 0.29) is 22.4 Å². The van der Waals surface area contributed by atoms with Crippen LogP contribution >= 0.6 is 11.6 Å². The Kier molecular flexibility index (Phi) is 5.28. The zero-order chi connectivity index (χ0) is 15.6. The number of benzene rings is 1. The van der Waals surface area contributed by atoms with Crippen molar-refractivity contribution in [3.05, 3.63) is 29.6 Å². The molecule has 0 spiro atoms. The van der Waals surface area contributed by atoms with Crippen LogP contribution in [0.2, 0.25) is 0 Å². The van der Waals surface area contributed by atoms with Gasteiger partial charge in [-0.25, -0.2) is 12.8 Å². The zero-order valence-corrected chi connectivity index (χ0v) is 13.9. The maximum atomic E-state index is 13.5. The standard InChI is InChI=1S/C15H21ClFNO2S/c1-11-3-5-13(6-4-11)18(2)21(19,20)14-7-8-15(17)12(9-14)10-16/h7-9,11,13H,3-6,10H2,1-2H3. The minimum atomic E-state index is -3.60. The summed E-state index contributed by atoms with van der Waals surface area (Å²) in [6.45, 7) is 2.19. The molecule has 6 heteroatoms. The molecule has 3 nitrogen and oxygen atoms in total. The molecule has 21 heavy (non-hydrogen) atoms. The SMILES string of the molecule is CC1CCC(N(C)S(=O)(=O)c2ccc(F)c(CCl)c2)CC1. The largest absolute Gasteiger partial charge is 0.243 e. The molecule has 0 aromatic heterocycles. The highest BCUT2D eigenvalue weighted by Gasteiger charge is 2.30. The van der Waals surface area contributed by atoms with Crippen molar-refractivity contribution < 1.29 is 12.8 Å². The van der Waals surface area contributed by atoms with Gasteiger partial charge in [0, 0.05) is 18.7 Å². The maximum absolute atomic E-state index is 13.5. The Morgan fingerprint density at radius 2 is 1.90 bits per heavy atom. The highest BCUT2D eigenvalue weighted by Crippen LogP contribution is 2.30. The summed E-state index contributed by atoms with van der Waals surface area (Å²) in [5.41, 5.74) is 0.211. The lowest BCUT2D eigenvalue weighted by atomic mass is 9.87. The highest BCUT2D eigenvalue weighted by atomic mass is 35.5. The topological polar surface area (TPSA) is 37.4 Å². The van der Waals surface area contributed by atoms with Crippen molar-refractivity contribution in [2.24, 2.45) is 5.92 Å². The van der Waals surface area contributed by atoms with Crippen LogP contribution in [0.5, 0.6) is 0 Å². The van der Waals surface area contributed by atoms with Crippen molar-refractivity contribution in [1.82, 2.24) is 4.31 Å². The van der Waals surface area contributed by atoms with Gasteiger partial charge >= 0.3 is 0 Å². The summed E-state index contributed by atoms with van der Waals surface area (Å²) in [6.07, 6.45) is 3.84. The van der Waals surface area contributed by atoms with Crippen LogP contribution < -0.4 is 0 Å². The van der Waals surface area contributed by atoms with E-state index in [1.165, 1.54) is 22.5 Å². The molecule has 0 bridgehead atoms. The summed E-state index contributed by atoms with van der Waals surface area (Å²) >= 11 is 5.65. The van der Waals surface area contributed by atoms with Crippen LogP contribution in [0, 0.1) is 11.7 Å². The smallest absolute Gasteiger partial charge is 0.207 e. The Labute approximate surface area is 131 Å². The fourth-order valence-corrected chi connectivity index (χ4v) is 4.45. The van der Waals surface area contributed by atoms with Crippen molar-refractivity contribution in [2.75, 3.05) is 7.05 Å². The Morgan fingerprint density at radius 1 is 1.29 bits per heavy atom. The zero-order valence-electron chi connectivity index (χ0n) is 12.4. The number of rotatable bonds is 4. The highest BCUT2D eigenvalue weighted by molar-refractivity contribution is 7.89. The van der Waals surface area contributed by atoms with Crippen molar-refractivity contribution >= 4 is 21.6 Å². The normalized spacial score (nSPS) is 23.5. The van der Waals surface area contributed by atoms with Gasteiger partial charge in [0.15, 0.2) is 0 Å². The van der Waals surface area contributed by atoms with E-state index in [1.54, 1.807) is 7.05 Å². The molecule has 1 aromatic rings. The van der Waals surface area contributed by atoms with E-state index < -0.39 is 15.8 Å². The molecular formula is C15H21ClFNO2S. The maximum Gasteiger partial charge on any atom is 0.243 e. The first-order valence-corrected chi connectivity index (χ1v) is 9.16. The number of hydrogen-bond acceptors (Lipinski definition) is 2. The minimum absolute atomic E-state index is 0.0238. The average Bonchev–Trinajstić information content (AvgIpc) is 2.47. The Hall–Kier alpha value is -0.650. The molecule has 118 valence electrons. The molecule has 0 radical (unpaired) electrons. The van der Waals surface area contributed by atoms with E-state index in [0.29, 0.717) is 5.92 Å². The second-order valence-corrected chi connectivity index (χ2v) is 8.09. The molecule has 1 aromatic carbocycles. The van der Waals surface area contributed by atoms with Gasteiger partial charge in [0.1, 0.15) is 5.82 Å². The molecule has 0 unspecified atom stereocenters. The summed E-state index contributed by atoms with van der Waals surface area (Å²) in [5.74, 6) is 0.143. The lowest BCUT2D eigenvalue weighted by Crippen LogP contribution is -2.39. The van der Waals surface area contributed by atoms with Crippen LogP contribution in [-0.2, 0) is 15.9 Å². The Bertz CT molecular complexity index is 598. The lowest BCUT2D eigenvalue weighted by Gasteiger charge is -2.32. The van der Waals surface area contributed by atoms with Crippen molar-refractivity contribution in [2.45, 2.75) is 49.4 Å². The van der Waals surface area contributed by atoms with Gasteiger partial charge in [-0.2, -0.15) is 4.31 Å². The van der Waals surface area contributed by atoms with Crippen LogP contribution in [0.1, 0.15) is 38.2 Å². The van der Waals surface area contributed by atoms with E-state index in [2.05, 4.69) is 6.92 Å². The van der Waals surface area contributed by atoms with E-state index in [0.717, 1.165) is 25.7 Å². The van der Waals surface area contributed by atoms with E-state index >= 15 is 0 Å². The van der Waals surface area contributed by atoms with E-state index in [1.807, 2.05) is 0 Å². The molecule has 0 aliphatic heterocycles. The number of alkyl halides is 1. The van der Waals surface area contributed by atoms with Gasteiger partial charge in [0.05, 0.1) is 10.8 Å². The second kappa shape index (κ2) is 6.63. The number of halogens is 2. The fourth-order valence-electron chi connectivity index (χ4n) is 2.78. The van der Waals surface area contributed by atoms with Crippen LogP contribution in [-0.4, -0.2) is 25.8 Å². The Balaban J connectivity index is 2.24. The van der Waals surface area contributed by atoms with Gasteiger partial charge in [-0.15, -0.1) is 11.6 Å². The van der Waals surface area contributed by atoms with E-state index in [4.69, 9.17) is 11.6 Å². The third kappa shape index (κ3) is 3.58. The summed E-state index contributed by atoms with van der Waals surface area (Å²) in [7, 11) is -1.99. The van der Waals surface area contributed by atoms with Crippen LogP contribution in [0.25, 0.3) is 0 Å². The average molecular weight is 334 g/mol. The molecule has 0 atom stereocenters. The lowest BCUT2D eigenvalue weighted by molar-refractivity contribution is 0.246. The van der Waals surface area contributed by atoms with Gasteiger partial charge in [-0.05, 0) is 49.8 Å². The third-order valence-corrected chi connectivity index (χ3v) is 6.53. The first kappa shape index (κ1) is 16.7. The van der Waals surface area contributed by atoms with Crippen molar-refractivity contribution in [3.8, 4) is 0 Å². The Morgan fingerprint density at radius 3 is 2.48 bits per heavy atom. The molecule has 1 fully saturated rings. The van der Waals surface area contributed by atoms with Crippen molar-refractivity contribution in [1.29, 1.82) is 0 Å². The van der Waals surface area contributed by atoms with E-state index in [9.17, 15) is 12.8 Å². The molecule has 0 saturated heterocycles. The van der Waals surface area contributed by atoms with Crippen LogP contribution in [0.15, 0.2) is 23.1 Å². The second-order valence-electron chi connectivity index (χ2n) is 5.82. The van der Waals surface area contributed by atoms with Gasteiger partial charge in [-0.3, -0.25) is 0 Å². The molecule has 0 heterocycles. The predicted molar refractivity (Wildman–Crippen MR) is 82.3 cm³/mol. The number of sulfonamides is 1. The molecule has 1 saturated carbocycles. The quantitative estimate of drug-likeness (QED) is 0.787. The number of hydrogen-bond donors (Lipinski definition) is 0. The molecule has 0 N–H and O–H groups in total. The predicted octanol–water partition coefficient (Wildman–Crippen LogP) is 3.76. The molecule has 0 amide bonds. The van der Waals surface area contributed by atoms with Crippen LogP contribution in [0.4, 0.5) is 4.39 Å². The summed E-state index contributed by atoms with van der Waals surface area (Å²) in [5, 5.41) is 0. The van der Waals surface area contributed by atoms with Gasteiger partial charge in [0.25, 0.3) is 0 Å². The van der Waals surface area contributed by atoms with Gasteiger partial charge in [0.2, 0.25) is 10.0 Å². The first-order chi connectivity index (χ1) is 9.86. The monoisotopic (exact) mass is 333 g/mol. The van der Waals surface area contributed by atoms with Crippen LogP contribution in [0.3, 0.4) is 0 Å². The van der Waals surface area contributed by atoms with Crippen molar-refractivity contribution in [3.63, 3.8) is 0 Å². The van der Waals surface area contributed by atoms with Gasteiger partial charge < -0.3 is 0 Å². The summed E-state index contributed by atoms with van der Waals surface area (Å²) in [4.78, 5) is 0.112. The molecule has 2 rings (SSSR count). The summed E-state index contributed by atoms with van der Waals surface area (Å²) < 4.78 is 40.2. The number of nitrogens with zero attached hydrogens (tertiary/aromatic N) is 1. The molecule has 1 aliphatic carbocycles. The summed E-state index contributed by atoms with van der Waals surface area (Å²) in [6, 6.07) is 3.83. The minimum Gasteiger partial charge on any atom is -0.207 e. The third-order valence-electron chi connectivity index (χ3n) is 4.34. The first-order valence-electron chi connectivity index (χ1n) is 7.18. The molecular weight excluding hydrogens is 313 g/mol. The molecule has 1 aliphatic rings. The van der Waals surface area contributed by atoms with Gasteiger partial charge in [-0.1, -0.05) is 6.92 Å².